The molecule has 27 heavy (non-hydrogen) atoms. The minimum absolute atomic E-state index is 0.120. The number of rotatable bonds is 1. The Kier molecular flexibility index (Phi) is 4.67. The van der Waals surface area contributed by atoms with Gasteiger partial charge in [0.05, 0.1) is 17.9 Å². The van der Waals surface area contributed by atoms with Crippen LogP contribution in [0.25, 0.3) is 0 Å². The fourth-order valence-electron chi connectivity index (χ4n) is 4.50. The summed E-state index contributed by atoms with van der Waals surface area (Å²) in [5.41, 5.74) is 3.30. The van der Waals surface area contributed by atoms with Crippen LogP contribution >= 0.6 is 0 Å². The van der Waals surface area contributed by atoms with Crippen LogP contribution in [0.3, 0.4) is 0 Å². The molecule has 1 aliphatic heterocycles. The molecule has 2 aliphatic rings. The highest BCUT2D eigenvalue weighted by molar-refractivity contribution is 5.99. The molecule has 0 bridgehead atoms. The molecule has 4 heteroatoms. The lowest BCUT2D eigenvalue weighted by molar-refractivity contribution is -0.124. The Hall–Kier alpha value is -2.36. The summed E-state index contributed by atoms with van der Waals surface area (Å²) in [6.45, 7) is 7.53. The van der Waals surface area contributed by atoms with E-state index in [4.69, 9.17) is 0 Å². The quantitative estimate of drug-likeness (QED) is 0.725. The second kappa shape index (κ2) is 6.99. The third kappa shape index (κ3) is 3.58. The first-order valence-electron chi connectivity index (χ1n) is 10.0. The van der Waals surface area contributed by atoms with Gasteiger partial charge in [0.25, 0.3) is 0 Å². The van der Waals surface area contributed by atoms with Gasteiger partial charge in [-0.3, -0.25) is 4.79 Å². The van der Waals surface area contributed by atoms with Crippen LogP contribution in [-0.2, 0) is 11.3 Å². The molecular weight excluding hydrogens is 334 g/mol. The predicted octanol–water partition coefficient (Wildman–Crippen LogP) is 5.52. The number of carbonyl (C=O) groups is 1. The van der Waals surface area contributed by atoms with E-state index in [-0.39, 0.29) is 11.8 Å². The maximum Gasteiger partial charge on any atom is 0.230 e. The van der Waals surface area contributed by atoms with Crippen molar-refractivity contribution >= 4 is 23.1 Å². The largest absolute Gasteiger partial charge is 0.338 e. The van der Waals surface area contributed by atoms with Crippen LogP contribution in [0.5, 0.6) is 0 Å². The summed E-state index contributed by atoms with van der Waals surface area (Å²) in [4.78, 5) is 20.0. The molecule has 1 aromatic carbocycles. The molecule has 4 rings (SSSR count). The molecule has 1 N–H and O–H groups in total. The van der Waals surface area contributed by atoms with Crippen molar-refractivity contribution in [1.82, 2.24) is 4.98 Å². The Bertz CT molecular complexity index is 832. The van der Waals surface area contributed by atoms with Gasteiger partial charge >= 0.3 is 0 Å². The lowest BCUT2D eigenvalue weighted by Gasteiger charge is -2.38. The Morgan fingerprint density at radius 1 is 1.07 bits per heavy atom. The van der Waals surface area contributed by atoms with Crippen molar-refractivity contribution in [1.29, 1.82) is 0 Å². The van der Waals surface area contributed by atoms with E-state index in [1.165, 1.54) is 0 Å². The lowest BCUT2D eigenvalue weighted by Crippen LogP contribution is -2.38. The van der Waals surface area contributed by atoms with Crippen molar-refractivity contribution in [2.24, 2.45) is 17.3 Å². The van der Waals surface area contributed by atoms with E-state index in [0.29, 0.717) is 17.9 Å². The van der Waals surface area contributed by atoms with Gasteiger partial charge in [0.2, 0.25) is 5.91 Å². The predicted molar refractivity (Wildman–Crippen MR) is 110 cm³/mol. The summed E-state index contributed by atoms with van der Waals surface area (Å²) in [7, 11) is 0. The van der Waals surface area contributed by atoms with Gasteiger partial charge in [-0.05, 0) is 55.2 Å². The van der Waals surface area contributed by atoms with E-state index in [2.05, 4.69) is 37.1 Å². The van der Waals surface area contributed by atoms with Crippen LogP contribution in [0, 0.1) is 17.3 Å². The van der Waals surface area contributed by atoms with Crippen LogP contribution in [-0.4, -0.2) is 10.9 Å². The molecule has 0 unspecified atom stereocenters. The van der Waals surface area contributed by atoms with E-state index in [1.807, 2.05) is 35.2 Å². The van der Waals surface area contributed by atoms with Crippen molar-refractivity contribution in [3.8, 4) is 0 Å². The number of pyridine rings is 1. The minimum atomic E-state index is 0.120. The van der Waals surface area contributed by atoms with Gasteiger partial charge in [-0.2, -0.15) is 0 Å². The van der Waals surface area contributed by atoms with Crippen LogP contribution in [0.4, 0.5) is 17.2 Å². The van der Waals surface area contributed by atoms with Gasteiger partial charge in [-0.1, -0.05) is 39.0 Å². The SMILES string of the molecule is CC(C)(C)[C@H]1CC[C@H](C(=O)N2Cc3cccnc3Nc3ccccc32)CC1. The highest BCUT2D eigenvalue weighted by atomic mass is 16.2. The number of nitrogens with zero attached hydrogens (tertiary/aromatic N) is 2. The molecule has 2 aromatic rings. The topological polar surface area (TPSA) is 45.2 Å². The molecule has 0 atom stereocenters. The van der Waals surface area contributed by atoms with E-state index in [0.717, 1.165) is 48.4 Å². The molecule has 0 spiro atoms. The second-order valence-corrected chi connectivity index (χ2v) is 8.99. The van der Waals surface area contributed by atoms with Crippen molar-refractivity contribution in [2.45, 2.75) is 53.0 Å². The number of benzene rings is 1. The standard InChI is InChI=1S/C23H29N3O/c1-23(2,3)18-12-10-16(11-13-18)22(27)26-15-17-7-6-14-24-21(17)25-19-8-4-5-9-20(19)26/h4-9,14,16,18H,10-13,15H2,1-3H3,(H,24,25)/t16-,18-. The zero-order valence-corrected chi connectivity index (χ0v) is 16.5. The first kappa shape index (κ1) is 18.0. The number of aromatic nitrogens is 1. The second-order valence-electron chi connectivity index (χ2n) is 8.99. The smallest absolute Gasteiger partial charge is 0.230 e. The molecule has 142 valence electrons. The van der Waals surface area contributed by atoms with Crippen molar-refractivity contribution in [3.05, 3.63) is 48.2 Å². The van der Waals surface area contributed by atoms with Gasteiger partial charge < -0.3 is 10.2 Å². The monoisotopic (exact) mass is 363 g/mol. The molecule has 1 aliphatic carbocycles. The zero-order chi connectivity index (χ0) is 19.0. The fraction of sp³-hybridized carbons (Fsp3) is 0.478. The van der Waals surface area contributed by atoms with E-state index < -0.39 is 0 Å². The Morgan fingerprint density at radius 3 is 2.56 bits per heavy atom. The summed E-state index contributed by atoms with van der Waals surface area (Å²) in [6, 6.07) is 12.0. The molecule has 0 radical (unpaired) electrons. The molecule has 1 aromatic heterocycles. The zero-order valence-electron chi connectivity index (χ0n) is 16.5. The van der Waals surface area contributed by atoms with Crippen LogP contribution in [0.1, 0.15) is 52.0 Å². The first-order valence-corrected chi connectivity index (χ1v) is 10.0. The average molecular weight is 364 g/mol. The normalized spacial score (nSPS) is 22.3. The van der Waals surface area contributed by atoms with Gasteiger partial charge in [0, 0.05) is 17.7 Å². The third-order valence-electron chi connectivity index (χ3n) is 6.23. The van der Waals surface area contributed by atoms with Crippen LogP contribution < -0.4 is 10.2 Å². The maximum atomic E-state index is 13.5. The number of anilines is 3. The molecule has 1 saturated carbocycles. The maximum absolute atomic E-state index is 13.5. The van der Waals surface area contributed by atoms with Gasteiger partial charge in [0.15, 0.2) is 0 Å². The molecule has 1 fully saturated rings. The Balaban J connectivity index is 1.60. The number of hydrogen-bond donors (Lipinski definition) is 1. The van der Waals surface area contributed by atoms with E-state index in [1.54, 1.807) is 6.20 Å². The molecule has 0 saturated heterocycles. The summed E-state index contributed by atoms with van der Waals surface area (Å²) < 4.78 is 0. The van der Waals surface area contributed by atoms with Crippen LogP contribution in [0.15, 0.2) is 42.6 Å². The third-order valence-corrected chi connectivity index (χ3v) is 6.23. The average Bonchev–Trinajstić information content (AvgIpc) is 2.83. The van der Waals surface area contributed by atoms with Crippen molar-refractivity contribution in [3.63, 3.8) is 0 Å². The van der Waals surface area contributed by atoms with Gasteiger partial charge in [-0.25, -0.2) is 4.98 Å². The lowest BCUT2D eigenvalue weighted by atomic mass is 9.69. The fourth-order valence-corrected chi connectivity index (χ4v) is 4.50. The Morgan fingerprint density at radius 2 is 1.81 bits per heavy atom. The summed E-state index contributed by atoms with van der Waals surface area (Å²) in [6.07, 6.45) is 6.07. The highest BCUT2D eigenvalue weighted by Crippen LogP contribution is 2.42. The van der Waals surface area contributed by atoms with Crippen molar-refractivity contribution < 1.29 is 4.79 Å². The number of para-hydroxylation sites is 2. The number of hydrogen-bond acceptors (Lipinski definition) is 3. The molecular formula is C23H29N3O. The van der Waals surface area contributed by atoms with E-state index >= 15 is 0 Å². The minimum Gasteiger partial charge on any atom is -0.338 e. The summed E-state index contributed by atoms with van der Waals surface area (Å²) in [5, 5.41) is 3.41. The van der Waals surface area contributed by atoms with E-state index in [9.17, 15) is 4.79 Å². The number of carbonyl (C=O) groups excluding carboxylic acids is 1. The highest BCUT2D eigenvalue weighted by Gasteiger charge is 2.35. The molecule has 4 nitrogen and oxygen atoms in total. The Labute approximate surface area is 162 Å². The summed E-state index contributed by atoms with van der Waals surface area (Å²) in [5.74, 6) is 1.93. The van der Waals surface area contributed by atoms with Gasteiger partial charge in [0.1, 0.15) is 5.82 Å². The van der Waals surface area contributed by atoms with Crippen LogP contribution in [0.2, 0.25) is 0 Å². The number of amides is 1. The number of fused-ring (bicyclic) bond motifs is 2. The molecule has 1 amide bonds. The van der Waals surface area contributed by atoms with Crippen molar-refractivity contribution in [2.75, 3.05) is 10.2 Å². The summed E-state index contributed by atoms with van der Waals surface area (Å²) >= 11 is 0. The molecule has 2 heterocycles. The van der Waals surface area contributed by atoms with Gasteiger partial charge in [-0.15, -0.1) is 0 Å². The first-order chi connectivity index (χ1) is 12.9. The number of nitrogens with one attached hydrogen (secondary N) is 1.